The number of piperidine rings is 1. The molecule has 0 N–H and O–H groups in total. The number of hydrogen-bond acceptors (Lipinski definition) is 5. The molecular weight excluding hydrogens is 306 g/mol. The fourth-order valence-electron chi connectivity index (χ4n) is 3.62. The van der Waals surface area contributed by atoms with Gasteiger partial charge in [0, 0.05) is 58.4 Å². The lowest BCUT2D eigenvalue weighted by atomic mass is 9.90. The van der Waals surface area contributed by atoms with Gasteiger partial charge >= 0.3 is 0 Å². The Balaban J connectivity index is 1.57. The number of rotatable bonds is 5. The van der Waals surface area contributed by atoms with E-state index in [9.17, 15) is 4.79 Å². The lowest BCUT2D eigenvalue weighted by Gasteiger charge is -2.38. The molecule has 1 amide bonds. The van der Waals surface area contributed by atoms with Crippen molar-refractivity contribution < 1.29 is 14.3 Å². The van der Waals surface area contributed by atoms with E-state index in [0.717, 1.165) is 31.7 Å². The minimum absolute atomic E-state index is 0.162. The Hall–Kier alpha value is -1.50. The highest BCUT2D eigenvalue weighted by molar-refractivity contribution is 5.76. The van der Waals surface area contributed by atoms with Crippen LogP contribution in [-0.4, -0.2) is 73.3 Å². The molecule has 0 unspecified atom stereocenters. The first-order chi connectivity index (χ1) is 11.8. The van der Waals surface area contributed by atoms with Crippen LogP contribution in [0.3, 0.4) is 0 Å². The van der Waals surface area contributed by atoms with E-state index in [0.29, 0.717) is 32.7 Å². The molecule has 2 aliphatic rings. The summed E-state index contributed by atoms with van der Waals surface area (Å²) in [6, 6.07) is 6.00. The van der Waals surface area contributed by atoms with Gasteiger partial charge in [-0.3, -0.25) is 14.7 Å². The van der Waals surface area contributed by atoms with Gasteiger partial charge in [-0.1, -0.05) is 6.07 Å². The smallest absolute Gasteiger partial charge is 0.223 e. The van der Waals surface area contributed by atoms with Crippen molar-refractivity contribution >= 4 is 5.91 Å². The van der Waals surface area contributed by atoms with E-state index >= 15 is 0 Å². The number of pyridine rings is 1. The van der Waals surface area contributed by atoms with Gasteiger partial charge in [0.15, 0.2) is 0 Å². The number of methoxy groups -OCH3 is 1. The number of nitrogens with zero attached hydrogens (tertiary/aromatic N) is 3. The zero-order valence-corrected chi connectivity index (χ0v) is 14.4. The van der Waals surface area contributed by atoms with Crippen molar-refractivity contribution in [3.63, 3.8) is 0 Å². The highest BCUT2D eigenvalue weighted by Gasteiger charge is 2.32. The van der Waals surface area contributed by atoms with Crippen LogP contribution in [0, 0.1) is 5.92 Å². The van der Waals surface area contributed by atoms with Crippen molar-refractivity contribution in [3.8, 4) is 0 Å². The van der Waals surface area contributed by atoms with Crippen molar-refractivity contribution in [2.24, 2.45) is 5.92 Å². The normalized spacial score (nSPS) is 25.6. The summed E-state index contributed by atoms with van der Waals surface area (Å²) < 4.78 is 11.0. The van der Waals surface area contributed by atoms with Crippen LogP contribution in [0.4, 0.5) is 0 Å². The highest BCUT2D eigenvalue weighted by Crippen LogP contribution is 2.24. The summed E-state index contributed by atoms with van der Waals surface area (Å²) in [5.74, 6) is 0.466. The third kappa shape index (κ3) is 4.53. The van der Waals surface area contributed by atoms with Gasteiger partial charge in [0.25, 0.3) is 0 Å². The minimum Gasteiger partial charge on any atom is -0.381 e. The van der Waals surface area contributed by atoms with Crippen LogP contribution in [0.15, 0.2) is 24.4 Å². The minimum atomic E-state index is 0.162. The van der Waals surface area contributed by atoms with Crippen LogP contribution in [0.5, 0.6) is 0 Å². The fourth-order valence-corrected chi connectivity index (χ4v) is 3.62. The van der Waals surface area contributed by atoms with E-state index in [1.807, 2.05) is 23.2 Å². The van der Waals surface area contributed by atoms with Gasteiger partial charge in [0.05, 0.1) is 25.0 Å². The molecule has 1 aromatic rings. The van der Waals surface area contributed by atoms with E-state index < -0.39 is 0 Å². The lowest BCUT2D eigenvalue weighted by Crippen LogP contribution is -2.47. The SMILES string of the molecule is CO[C@@H]1CCN(Cc2ccccn2)C[C@H]1CC(=O)N1CCOCC1. The van der Waals surface area contributed by atoms with Crippen LogP contribution in [0.1, 0.15) is 18.5 Å². The second-order valence-electron chi connectivity index (χ2n) is 6.58. The summed E-state index contributed by atoms with van der Waals surface area (Å²) >= 11 is 0. The van der Waals surface area contributed by atoms with E-state index in [1.165, 1.54) is 0 Å². The Morgan fingerprint density at radius 1 is 1.33 bits per heavy atom. The number of ether oxygens (including phenoxy) is 2. The number of amides is 1. The molecule has 0 saturated carbocycles. The van der Waals surface area contributed by atoms with Crippen molar-refractivity contribution in [1.29, 1.82) is 0 Å². The molecule has 2 atom stereocenters. The molecule has 0 aromatic carbocycles. The summed E-state index contributed by atoms with van der Waals surface area (Å²) in [4.78, 5) is 21.3. The summed E-state index contributed by atoms with van der Waals surface area (Å²) in [5, 5.41) is 0. The van der Waals surface area contributed by atoms with Gasteiger partial charge in [-0.05, 0) is 18.6 Å². The molecule has 24 heavy (non-hydrogen) atoms. The molecule has 2 fully saturated rings. The zero-order valence-electron chi connectivity index (χ0n) is 14.4. The second-order valence-corrected chi connectivity index (χ2v) is 6.58. The number of likely N-dealkylation sites (tertiary alicyclic amines) is 1. The van der Waals surface area contributed by atoms with Crippen molar-refractivity contribution in [2.45, 2.75) is 25.5 Å². The average molecular weight is 333 g/mol. The van der Waals surface area contributed by atoms with Gasteiger partial charge in [0.1, 0.15) is 0 Å². The van der Waals surface area contributed by atoms with Crippen LogP contribution in [-0.2, 0) is 20.8 Å². The Kier molecular flexibility index (Phi) is 6.18. The van der Waals surface area contributed by atoms with Gasteiger partial charge in [-0.2, -0.15) is 0 Å². The highest BCUT2D eigenvalue weighted by atomic mass is 16.5. The molecule has 1 aromatic heterocycles. The first kappa shape index (κ1) is 17.3. The van der Waals surface area contributed by atoms with E-state index in [1.54, 1.807) is 7.11 Å². The number of carbonyl (C=O) groups is 1. The summed E-state index contributed by atoms with van der Waals surface area (Å²) in [5.41, 5.74) is 1.08. The predicted octanol–water partition coefficient (Wildman–Crippen LogP) is 1.17. The molecule has 3 rings (SSSR count). The van der Waals surface area contributed by atoms with Crippen LogP contribution < -0.4 is 0 Å². The van der Waals surface area contributed by atoms with Gasteiger partial charge in [-0.25, -0.2) is 0 Å². The first-order valence-corrected chi connectivity index (χ1v) is 8.77. The van der Waals surface area contributed by atoms with Crippen LogP contribution >= 0.6 is 0 Å². The number of aromatic nitrogens is 1. The third-order valence-corrected chi connectivity index (χ3v) is 4.96. The molecule has 0 bridgehead atoms. The molecule has 6 nitrogen and oxygen atoms in total. The first-order valence-electron chi connectivity index (χ1n) is 8.77. The summed E-state index contributed by atoms with van der Waals surface area (Å²) in [7, 11) is 1.76. The Labute approximate surface area is 143 Å². The fraction of sp³-hybridized carbons (Fsp3) is 0.667. The Morgan fingerprint density at radius 2 is 2.17 bits per heavy atom. The quantitative estimate of drug-likeness (QED) is 0.810. The molecule has 2 aliphatic heterocycles. The second kappa shape index (κ2) is 8.55. The molecule has 2 saturated heterocycles. The maximum atomic E-state index is 12.6. The summed E-state index contributed by atoms with van der Waals surface area (Å²) in [6.07, 6.45) is 3.51. The largest absolute Gasteiger partial charge is 0.381 e. The molecular formula is C18H27N3O3. The number of morpholine rings is 1. The Morgan fingerprint density at radius 3 is 2.88 bits per heavy atom. The van der Waals surface area contributed by atoms with Gasteiger partial charge < -0.3 is 14.4 Å². The molecule has 0 radical (unpaired) electrons. The lowest BCUT2D eigenvalue weighted by molar-refractivity contribution is -0.138. The molecule has 6 heteroatoms. The maximum Gasteiger partial charge on any atom is 0.223 e. The molecule has 0 aliphatic carbocycles. The van der Waals surface area contributed by atoms with E-state index in [4.69, 9.17) is 9.47 Å². The zero-order chi connectivity index (χ0) is 16.8. The maximum absolute atomic E-state index is 12.6. The van der Waals surface area contributed by atoms with Crippen LogP contribution in [0.2, 0.25) is 0 Å². The van der Waals surface area contributed by atoms with Crippen molar-refractivity contribution in [2.75, 3.05) is 46.5 Å². The van der Waals surface area contributed by atoms with Crippen molar-refractivity contribution in [1.82, 2.24) is 14.8 Å². The standard InChI is InChI=1S/C18H27N3O3/c1-23-17-5-7-20(14-16-4-2-3-6-19-16)13-15(17)12-18(22)21-8-10-24-11-9-21/h2-4,6,15,17H,5,7-14H2,1H3/t15-,17-/m1/s1. The third-order valence-electron chi connectivity index (χ3n) is 4.96. The molecule has 3 heterocycles. The topological polar surface area (TPSA) is 54.9 Å². The summed E-state index contributed by atoms with van der Waals surface area (Å²) in [6.45, 7) is 5.41. The van der Waals surface area contributed by atoms with Gasteiger partial charge in [-0.15, -0.1) is 0 Å². The number of carbonyl (C=O) groups excluding carboxylic acids is 1. The van der Waals surface area contributed by atoms with Gasteiger partial charge in [0.2, 0.25) is 5.91 Å². The monoisotopic (exact) mass is 333 g/mol. The number of hydrogen-bond donors (Lipinski definition) is 0. The van der Waals surface area contributed by atoms with Crippen LogP contribution in [0.25, 0.3) is 0 Å². The Bertz CT molecular complexity index is 520. The average Bonchev–Trinajstić information content (AvgIpc) is 2.63. The molecule has 132 valence electrons. The predicted molar refractivity (Wildman–Crippen MR) is 90.4 cm³/mol. The van der Waals surface area contributed by atoms with Crippen molar-refractivity contribution in [3.05, 3.63) is 30.1 Å². The van der Waals surface area contributed by atoms with E-state index in [2.05, 4.69) is 16.0 Å². The van der Waals surface area contributed by atoms with E-state index in [-0.39, 0.29) is 17.9 Å². The molecule has 0 spiro atoms.